The summed E-state index contributed by atoms with van der Waals surface area (Å²) in [6.45, 7) is 16.9. The molecule has 0 spiro atoms. The molecule has 1 radical (unpaired) electrons. The number of aliphatic hydroxyl groups is 1. The van der Waals surface area contributed by atoms with Gasteiger partial charge in [0.15, 0.2) is 5.78 Å². The Hall–Kier alpha value is -3.14. The molecule has 2 aromatic carbocycles. The van der Waals surface area contributed by atoms with Crippen molar-refractivity contribution in [2.24, 2.45) is 11.8 Å². The first-order chi connectivity index (χ1) is 21.0. The monoisotopic (exact) mass is 782 g/mol. The molecule has 241 valence electrons. The van der Waals surface area contributed by atoms with Crippen molar-refractivity contribution in [1.82, 2.24) is 9.97 Å². The molecule has 0 unspecified atom stereocenters. The van der Waals surface area contributed by atoms with Crippen molar-refractivity contribution in [3.63, 3.8) is 0 Å². The number of hydrogen-bond donors (Lipinski definition) is 1. The van der Waals surface area contributed by atoms with Crippen LogP contribution in [0.2, 0.25) is 0 Å². The summed E-state index contributed by atoms with van der Waals surface area (Å²) in [6, 6.07) is 18.9. The Morgan fingerprint density at radius 1 is 0.889 bits per heavy atom. The number of pyridine rings is 2. The Labute approximate surface area is 284 Å². The van der Waals surface area contributed by atoms with E-state index in [4.69, 9.17) is 4.98 Å². The third-order valence-electron chi connectivity index (χ3n) is 9.01. The second-order valence-corrected chi connectivity index (χ2v) is 13.1. The fraction of sp³-hybridized carbons (Fsp3) is 0.425. The van der Waals surface area contributed by atoms with Crippen molar-refractivity contribution in [3.05, 3.63) is 95.1 Å². The molecule has 4 aromatic rings. The van der Waals surface area contributed by atoms with E-state index in [1.165, 1.54) is 39.3 Å². The number of aliphatic hydroxyl groups excluding tert-OH is 1. The zero-order valence-corrected chi connectivity index (χ0v) is 30.6. The van der Waals surface area contributed by atoms with Crippen LogP contribution in [-0.4, -0.2) is 20.9 Å². The maximum atomic E-state index is 11.7. The van der Waals surface area contributed by atoms with Crippen LogP contribution in [-0.2, 0) is 43.2 Å². The summed E-state index contributed by atoms with van der Waals surface area (Å²) in [5, 5.41) is 12.2. The maximum absolute atomic E-state index is 11.7. The second kappa shape index (κ2) is 15.9. The van der Waals surface area contributed by atoms with Gasteiger partial charge >= 0.3 is 0 Å². The van der Waals surface area contributed by atoms with Crippen molar-refractivity contribution in [1.29, 1.82) is 0 Å². The van der Waals surface area contributed by atoms with E-state index in [-0.39, 0.29) is 48.9 Å². The third-order valence-corrected chi connectivity index (χ3v) is 9.01. The molecule has 2 heterocycles. The first kappa shape index (κ1) is 36.3. The number of hydrogen-bond acceptors (Lipinski definition) is 4. The van der Waals surface area contributed by atoms with Crippen LogP contribution in [0, 0.1) is 24.8 Å². The zero-order chi connectivity index (χ0) is 32.0. The van der Waals surface area contributed by atoms with Crippen LogP contribution in [0.5, 0.6) is 0 Å². The summed E-state index contributed by atoms with van der Waals surface area (Å²) >= 11 is 0. The SMILES string of the molecule is CCC(CC)C(=O)/C=C(\O)C(CC)CC.Cc1cc2c(cn1)-c1cc(-c3[c-]c4ccccc4c(C(C)(C)C)c3)ncc1CC2.[Ir]. The average Bonchev–Trinajstić information content (AvgIpc) is 3.01. The second-order valence-electron chi connectivity index (χ2n) is 13.1. The number of carbonyl (C=O) groups excluding carboxylic acids is 1. The van der Waals surface area contributed by atoms with E-state index in [0.29, 0.717) is 0 Å². The number of aromatic nitrogens is 2. The van der Waals surface area contributed by atoms with Gasteiger partial charge in [0.05, 0.1) is 5.76 Å². The van der Waals surface area contributed by atoms with E-state index < -0.39 is 0 Å². The molecule has 5 heteroatoms. The van der Waals surface area contributed by atoms with Crippen molar-refractivity contribution >= 4 is 16.6 Å². The van der Waals surface area contributed by atoms with Crippen molar-refractivity contribution in [2.45, 2.75) is 99.3 Å². The normalized spacial score (nSPS) is 12.7. The van der Waals surface area contributed by atoms with Crippen molar-refractivity contribution in [3.8, 4) is 22.4 Å². The molecule has 0 atom stereocenters. The molecular weight excluding hydrogens is 733 g/mol. The average molecular weight is 782 g/mol. The molecule has 0 saturated carbocycles. The summed E-state index contributed by atoms with van der Waals surface area (Å²) in [6.07, 6.45) is 11.1. The molecule has 1 aliphatic carbocycles. The van der Waals surface area contributed by atoms with Crippen LogP contribution in [0.25, 0.3) is 33.2 Å². The summed E-state index contributed by atoms with van der Waals surface area (Å²) < 4.78 is 0. The third kappa shape index (κ3) is 8.57. The van der Waals surface area contributed by atoms with Crippen LogP contribution < -0.4 is 0 Å². The molecule has 0 amide bonds. The standard InChI is InChI=1S/C27H25N2.C13H24O2.Ir/c1-17-11-19-9-10-20-15-29-26(14-23(20)24(19)16-28-17)21-12-18-7-5-6-8-22(18)25(13-21)27(2,3)4;1-5-10(6-2)12(14)9-13(15)11(7-3)8-4;/h5-8,11,13-16H,9-10H2,1-4H3;9-11,14H,5-8H2,1-4H3;/q-1;;/b;12-9-;. The predicted molar refractivity (Wildman–Crippen MR) is 184 cm³/mol. The van der Waals surface area contributed by atoms with Gasteiger partial charge < -0.3 is 5.11 Å². The van der Waals surface area contributed by atoms with Gasteiger partial charge in [0.1, 0.15) is 0 Å². The molecular formula is C40H49IrN2O2-. The Morgan fingerprint density at radius 3 is 2.18 bits per heavy atom. The van der Waals surface area contributed by atoms with Gasteiger partial charge in [-0.05, 0) is 73.6 Å². The van der Waals surface area contributed by atoms with Gasteiger partial charge in [0.25, 0.3) is 0 Å². The molecule has 0 aliphatic heterocycles. The number of benzene rings is 2. The first-order valence-electron chi connectivity index (χ1n) is 16.4. The maximum Gasteiger partial charge on any atom is 0.162 e. The zero-order valence-electron chi connectivity index (χ0n) is 28.3. The quantitative estimate of drug-likeness (QED) is 0.110. The van der Waals surface area contributed by atoms with E-state index in [2.05, 4.69) is 81.2 Å². The van der Waals surface area contributed by atoms with E-state index in [1.807, 2.05) is 40.1 Å². The summed E-state index contributed by atoms with van der Waals surface area (Å²) in [7, 11) is 0. The van der Waals surface area contributed by atoms with E-state index in [1.54, 1.807) is 0 Å². The minimum absolute atomic E-state index is 0. The number of allylic oxidation sites excluding steroid dienone is 2. The van der Waals surface area contributed by atoms with Crippen LogP contribution in [0.1, 0.15) is 96.5 Å². The molecule has 2 aromatic heterocycles. The van der Waals surface area contributed by atoms with Crippen molar-refractivity contribution < 1.29 is 30.0 Å². The summed E-state index contributed by atoms with van der Waals surface area (Å²) in [5.74, 6) is 0.547. The first-order valence-corrected chi connectivity index (χ1v) is 16.4. The van der Waals surface area contributed by atoms with Crippen LogP contribution in [0.15, 0.2) is 66.7 Å². The predicted octanol–water partition coefficient (Wildman–Crippen LogP) is 10.3. The molecule has 0 saturated heterocycles. The molecule has 0 bridgehead atoms. The van der Waals surface area contributed by atoms with E-state index in [9.17, 15) is 9.90 Å². The van der Waals surface area contributed by atoms with E-state index >= 15 is 0 Å². The Morgan fingerprint density at radius 2 is 1.53 bits per heavy atom. The minimum Gasteiger partial charge on any atom is -0.512 e. The van der Waals surface area contributed by atoms with Gasteiger partial charge in [-0.15, -0.1) is 29.1 Å². The van der Waals surface area contributed by atoms with Gasteiger partial charge in [-0.1, -0.05) is 83.7 Å². The van der Waals surface area contributed by atoms with Gasteiger partial charge in [0, 0.05) is 67.4 Å². The number of rotatable bonds is 8. The van der Waals surface area contributed by atoms with Gasteiger partial charge in [-0.25, -0.2) is 0 Å². The molecule has 1 N–H and O–H groups in total. The smallest absolute Gasteiger partial charge is 0.162 e. The Balaban J connectivity index is 0.000000297. The number of ketones is 1. The fourth-order valence-corrected chi connectivity index (χ4v) is 6.18. The summed E-state index contributed by atoms with van der Waals surface area (Å²) in [5.41, 5.74) is 9.71. The topological polar surface area (TPSA) is 63.1 Å². The number of fused-ring (bicyclic) bond motifs is 4. The van der Waals surface area contributed by atoms with Crippen LogP contribution in [0.4, 0.5) is 0 Å². The molecule has 0 fully saturated rings. The van der Waals surface area contributed by atoms with Crippen LogP contribution >= 0.6 is 0 Å². The van der Waals surface area contributed by atoms with Gasteiger partial charge in [0.2, 0.25) is 0 Å². The van der Waals surface area contributed by atoms with Crippen molar-refractivity contribution in [2.75, 3.05) is 0 Å². The molecule has 45 heavy (non-hydrogen) atoms. The Bertz CT molecular complexity index is 1640. The minimum atomic E-state index is 0. The molecule has 5 rings (SSSR count). The van der Waals surface area contributed by atoms with Gasteiger partial charge in [-0.2, -0.15) is 0 Å². The molecule has 4 nitrogen and oxygen atoms in total. The van der Waals surface area contributed by atoms with E-state index in [0.717, 1.165) is 60.9 Å². The number of nitrogens with zero attached hydrogens (tertiary/aromatic N) is 2. The number of aryl methyl sites for hydroxylation is 3. The number of carbonyl (C=O) groups is 1. The molecule has 1 aliphatic rings. The van der Waals surface area contributed by atoms with Crippen LogP contribution in [0.3, 0.4) is 0 Å². The summed E-state index contributed by atoms with van der Waals surface area (Å²) in [4.78, 5) is 21.1. The Kier molecular flexibility index (Phi) is 12.9. The largest absolute Gasteiger partial charge is 0.512 e. The fourth-order valence-electron chi connectivity index (χ4n) is 6.18. The van der Waals surface area contributed by atoms with Gasteiger partial charge in [-0.3, -0.25) is 14.8 Å².